The lowest BCUT2D eigenvalue weighted by Crippen LogP contribution is -2.05. The van der Waals surface area contributed by atoms with E-state index in [1.54, 1.807) is 0 Å². The van der Waals surface area contributed by atoms with Crippen molar-refractivity contribution >= 4 is 17.3 Å². The number of esters is 1. The maximum absolute atomic E-state index is 12.0. The quantitative estimate of drug-likeness (QED) is 0.656. The molecule has 3 rings (SSSR count). The Kier molecular flexibility index (Phi) is 5.14. The average molecular weight is 353 g/mol. The van der Waals surface area contributed by atoms with Crippen LogP contribution in [0.3, 0.4) is 0 Å². The number of carbonyl (C=O) groups is 1. The summed E-state index contributed by atoms with van der Waals surface area (Å²) in [7, 11) is 0. The van der Waals surface area contributed by atoms with Gasteiger partial charge in [-0.1, -0.05) is 38.1 Å². The van der Waals surface area contributed by atoms with E-state index < -0.39 is 5.97 Å². The Labute approximate surface area is 150 Å². The van der Waals surface area contributed by atoms with E-state index in [4.69, 9.17) is 4.74 Å². The van der Waals surface area contributed by atoms with Crippen LogP contribution in [0.5, 0.6) is 5.75 Å². The first-order valence-electron chi connectivity index (χ1n) is 8.04. The van der Waals surface area contributed by atoms with Gasteiger partial charge in [-0.3, -0.25) is 0 Å². The summed E-state index contributed by atoms with van der Waals surface area (Å²) in [6.45, 7) is 4.46. The standard InChI is InChI=1S/C20H19NO3S/c1-13(2)14-3-5-15(6-4-14)19-21-17(12-25-19)11-24-20(23)16-7-9-18(22)10-8-16/h3-10,12-13,22H,11H2,1-2H3. The fourth-order valence-corrected chi connectivity index (χ4v) is 3.15. The number of aromatic hydroxyl groups is 1. The third-order valence-corrected chi connectivity index (χ3v) is 4.77. The van der Waals surface area contributed by atoms with E-state index in [2.05, 4.69) is 43.1 Å². The predicted octanol–water partition coefficient (Wildman–Crippen LogP) is 5.00. The van der Waals surface area contributed by atoms with Crippen LogP contribution < -0.4 is 0 Å². The number of ether oxygens (including phenoxy) is 1. The second-order valence-corrected chi connectivity index (χ2v) is 6.90. The molecule has 25 heavy (non-hydrogen) atoms. The van der Waals surface area contributed by atoms with Crippen LogP contribution in [0.1, 0.15) is 41.4 Å². The summed E-state index contributed by atoms with van der Waals surface area (Å²) < 4.78 is 5.28. The van der Waals surface area contributed by atoms with E-state index in [1.807, 2.05) is 5.38 Å². The second kappa shape index (κ2) is 7.49. The number of aromatic nitrogens is 1. The first-order chi connectivity index (χ1) is 12.0. The lowest BCUT2D eigenvalue weighted by Gasteiger charge is -2.05. The first-order valence-corrected chi connectivity index (χ1v) is 8.92. The number of phenolic OH excluding ortho intramolecular Hbond substituents is 1. The number of nitrogens with zero attached hydrogens (tertiary/aromatic N) is 1. The molecule has 0 aliphatic rings. The van der Waals surface area contributed by atoms with E-state index in [0.29, 0.717) is 11.5 Å². The summed E-state index contributed by atoms with van der Waals surface area (Å²) in [6.07, 6.45) is 0. The zero-order valence-electron chi connectivity index (χ0n) is 14.1. The van der Waals surface area contributed by atoms with Crippen LogP contribution in [-0.4, -0.2) is 16.1 Å². The molecule has 0 bridgehead atoms. The van der Waals surface area contributed by atoms with Crippen molar-refractivity contribution in [2.24, 2.45) is 0 Å². The van der Waals surface area contributed by atoms with Crippen LogP contribution in [-0.2, 0) is 11.3 Å². The SMILES string of the molecule is CC(C)c1ccc(-c2nc(COC(=O)c3ccc(O)cc3)cs2)cc1. The monoisotopic (exact) mass is 353 g/mol. The molecule has 3 aromatic rings. The van der Waals surface area contributed by atoms with Gasteiger partial charge in [0.25, 0.3) is 0 Å². The number of carbonyl (C=O) groups excluding carboxylic acids is 1. The van der Waals surface area contributed by atoms with Gasteiger partial charge in [0.1, 0.15) is 17.4 Å². The summed E-state index contributed by atoms with van der Waals surface area (Å²) in [5.74, 6) is 0.181. The van der Waals surface area contributed by atoms with Crippen molar-refractivity contribution in [3.8, 4) is 16.3 Å². The number of hydrogen-bond acceptors (Lipinski definition) is 5. The van der Waals surface area contributed by atoms with Crippen LogP contribution in [0, 0.1) is 0 Å². The number of hydrogen-bond donors (Lipinski definition) is 1. The molecule has 0 aliphatic carbocycles. The predicted molar refractivity (Wildman–Crippen MR) is 98.9 cm³/mol. The molecule has 1 aromatic heterocycles. The summed E-state index contributed by atoms with van der Waals surface area (Å²) >= 11 is 1.53. The molecule has 0 fully saturated rings. The fraction of sp³-hybridized carbons (Fsp3) is 0.200. The molecule has 4 nitrogen and oxygen atoms in total. The van der Waals surface area contributed by atoms with Gasteiger partial charge in [0, 0.05) is 10.9 Å². The summed E-state index contributed by atoms with van der Waals surface area (Å²) in [4.78, 5) is 16.5. The highest BCUT2D eigenvalue weighted by molar-refractivity contribution is 7.13. The average Bonchev–Trinajstić information content (AvgIpc) is 3.09. The lowest BCUT2D eigenvalue weighted by atomic mass is 10.0. The molecule has 2 aromatic carbocycles. The Bertz CT molecular complexity index is 851. The van der Waals surface area contributed by atoms with Crippen molar-refractivity contribution in [2.45, 2.75) is 26.4 Å². The molecular formula is C20H19NO3S. The molecule has 0 spiro atoms. The number of benzene rings is 2. The molecule has 0 saturated heterocycles. The summed E-state index contributed by atoms with van der Waals surface area (Å²) in [5.41, 5.74) is 3.48. The third kappa shape index (κ3) is 4.25. The van der Waals surface area contributed by atoms with Gasteiger partial charge < -0.3 is 9.84 Å². The molecule has 0 saturated carbocycles. The minimum Gasteiger partial charge on any atom is -0.508 e. The molecular weight excluding hydrogens is 334 g/mol. The maximum Gasteiger partial charge on any atom is 0.338 e. The normalized spacial score (nSPS) is 10.8. The summed E-state index contributed by atoms with van der Waals surface area (Å²) in [6, 6.07) is 14.3. The molecule has 5 heteroatoms. The maximum atomic E-state index is 12.0. The van der Waals surface area contributed by atoms with Gasteiger partial charge >= 0.3 is 5.97 Å². The van der Waals surface area contributed by atoms with Gasteiger partial charge in [0.15, 0.2) is 0 Å². The van der Waals surface area contributed by atoms with Gasteiger partial charge in [-0.15, -0.1) is 11.3 Å². The lowest BCUT2D eigenvalue weighted by molar-refractivity contribution is 0.0468. The van der Waals surface area contributed by atoms with Crippen molar-refractivity contribution in [3.05, 3.63) is 70.7 Å². The zero-order chi connectivity index (χ0) is 17.8. The van der Waals surface area contributed by atoms with Crippen molar-refractivity contribution in [1.29, 1.82) is 0 Å². The van der Waals surface area contributed by atoms with E-state index in [0.717, 1.165) is 16.3 Å². The molecule has 0 amide bonds. The largest absolute Gasteiger partial charge is 0.508 e. The molecule has 1 N–H and O–H groups in total. The Hall–Kier alpha value is -2.66. The molecule has 0 aliphatic heterocycles. The van der Waals surface area contributed by atoms with Crippen molar-refractivity contribution in [3.63, 3.8) is 0 Å². The number of thiazole rings is 1. The van der Waals surface area contributed by atoms with Crippen LogP contribution in [0.4, 0.5) is 0 Å². The Morgan fingerprint density at radius 2 is 1.80 bits per heavy atom. The van der Waals surface area contributed by atoms with Crippen LogP contribution in [0.15, 0.2) is 53.9 Å². The highest BCUT2D eigenvalue weighted by atomic mass is 32.1. The van der Waals surface area contributed by atoms with Gasteiger partial charge in [-0.2, -0.15) is 0 Å². The van der Waals surface area contributed by atoms with Crippen molar-refractivity contribution in [1.82, 2.24) is 4.98 Å². The number of rotatable bonds is 5. The van der Waals surface area contributed by atoms with Gasteiger partial charge in [0.05, 0.1) is 11.3 Å². The Morgan fingerprint density at radius 3 is 2.44 bits per heavy atom. The van der Waals surface area contributed by atoms with Gasteiger partial charge in [-0.25, -0.2) is 9.78 Å². The Balaban J connectivity index is 1.63. The molecule has 0 radical (unpaired) electrons. The van der Waals surface area contributed by atoms with Crippen molar-refractivity contribution < 1.29 is 14.6 Å². The minimum atomic E-state index is -0.434. The minimum absolute atomic E-state index is 0.115. The summed E-state index contributed by atoms with van der Waals surface area (Å²) in [5, 5.41) is 12.1. The van der Waals surface area contributed by atoms with Crippen LogP contribution >= 0.6 is 11.3 Å². The van der Waals surface area contributed by atoms with Gasteiger partial charge in [0.2, 0.25) is 0 Å². The van der Waals surface area contributed by atoms with Crippen LogP contribution in [0.2, 0.25) is 0 Å². The highest BCUT2D eigenvalue weighted by Gasteiger charge is 2.10. The van der Waals surface area contributed by atoms with E-state index in [1.165, 1.54) is 41.2 Å². The molecule has 128 valence electrons. The fourth-order valence-electron chi connectivity index (χ4n) is 2.34. The van der Waals surface area contributed by atoms with E-state index in [9.17, 15) is 9.90 Å². The number of phenols is 1. The molecule has 0 unspecified atom stereocenters. The van der Waals surface area contributed by atoms with Crippen LogP contribution in [0.25, 0.3) is 10.6 Å². The topological polar surface area (TPSA) is 59.4 Å². The smallest absolute Gasteiger partial charge is 0.338 e. The van der Waals surface area contributed by atoms with E-state index in [-0.39, 0.29) is 12.4 Å². The Morgan fingerprint density at radius 1 is 1.12 bits per heavy atom. The van der Waals surface area contributed by atoms with Crippen molar-refractivity contribution in [2.75, 3.05) is 0 Å². The van der Waals surface area contributed by atoms with E-state index >= 15 is 0 Å². The zero-order valence-corrected chi connectivity index (χ0v) is 14.9. The molecule has 1 heterocycles. The first kappa shape index (κ1) is 17.2. The van der Waals surface area contributed by atoms with Gasteiger partial charge in [-0.05, 0) is 35.7 Å². The molecule has 0 atom stereocenters. The second-order valence-electron chi connectivity index (χ2n) is 6.04. The third-order valence-electron chi connectivity index (χ3n) is 3.83. The highest BCUT2D eigenvalue weighted by Crippen LogP contribution is 2.26.